The Labute approximate surface area is 117 Å². The Morgan fingerprint density at radius 3 is 3.05 bits per heavy atom. The molecule has 102 valence electrons. The highest BCUT2D eigenvalue weighted by atomic mass is 32.2. The largest absolute Gasteiger partial charge is 0.323 e. The lowest BCUT2D eigenvalue weighted by Gasteiger charge is -2.09. The summed E-state index contributed by atoms with van der Waals surface area (Å²) >= 11 is 1.56. The van der Waals surface area contributed by atoms with E-state index in [0.717, 1.165) is 23.4 Å². The zero-order chi connectivity index (χ0) is 13.7. The molecule has 19 heavy (non-hydrogen) atoms. The van der Waals surface area contributed by atoms with Crippen molar-refractivity contribution < 1.29 is 4.39 Å². The fraction of sp³-hybridized carbons (Fsp3) is 0.357. The Bertz CT molecular complexity index is 527. The van der Waals surface area contributed by atoms with Crippen LogP contribution in [0.5, 0.6) is 0 Å². The lowest BCUT2D eigenvalue weighted by molar-refractivity contribution is 0.601. The second-order valence-electron chi connectivity index (χ2n) is 4.41. The molecule has 2 rings (SSSR count). The van der Waals surface area contributed by atoms with Crippen LogP contribution in [0.15, 0.2) is 41.6 Å². The van der Waals surface area contributed by atoms with Gasteiger partial charge in [0.1, 0.15) is 5.82 Å². The third-order valence-electron chi connectivity index (χ3n) is 2.76. The first kappa shape index (κ1) is 14.1. The number of hydrogen-bond acceptors (Lipinski definition) is 3. The number of nitrogens with zero attached hydrogens (tertiary/aromatic N) is 2. The predicted octanol–water partition coefficient (Wildman–Crippen LogP) is 3.22. The molecular formula is C14H18FN3S. The summed E-state index contributed by atoms with van der Waals surface area (Å²) in [6, 6.07) is 6.49. The fourth-order valence-electron chi connectivity index (χ4n) is 1.76. The third-order valence-corrected chi connectivity index (χ3v) is 3.87. The molecule has 1 heterocycles. The van der Waals surface area contributed by atoms with Gasteiger partial charge in [-0.3, -0.25) is 4.68 Å². The molecule has 0 aliphatic carbocycles. The first-order valence-corrected chi connectivity index (χ1v) is 7.34. The normalized spacial score (nSPS) is 12.6. The van der Waals surface area contributed by atoms with Gasteiger partial charge in [0.25, 0.3) is 0 Å². The molecule has 0 aliphatic rings. The Balaban J connectivity index is 1.91. The highest BCUT2D eigenvalue weighted by Crippen LogP contribution is 2.23. The van der Waals surface area contributed by atoms with Crippen LogP contribution in [0, 0.1) is 5.82 Å². The SMILES string of the molecule is CCCn1cc(C(N)CSc2cccc(F)c2)cn1. The van der Waals surface area contributed by atoms with Gasteiger partial charge >= 0.3 is 0 Å². The lowest BCUT2D eigenvalue weighted by atomic mass is 10.2. The smallest absolute Gasteiger partial charge is 0.124 e. The molecule has 0 amide bonds. The van der Waals surface area contributed by atoms with Gasteiger partial charge in [-0.25, -0.2) is 4.39 Å². The molecule has 0 saturated carbocycles. The van der Waals surface area contributed by atoms with Gasteiger partial charge in [-0.15, -0.1) is 11.8 Å². The van der Waals surface area contributed by atoms with Crippen molar-refractivity contribution >= 4 is 11.8 Å². The number of hydrogen-bond donors (Lipinski definition) is 1. The van der Waals surface area contributed by atoms with Gasteiger partial charge in [0.2, 0.25) is 0 Å². The maximum atomic E-state index is 13.0. The summed E-state index contributed by atoms with van der Waals surface area (Å²) in [5, 5.41) is 4.26. The summed E-state index contributed by atoms with van der Waals surface area (Å²) in [6.07, 6.45) is 4.85. The molecule has 0 saturated heterocycles. The molecule has 5 heteroatoms. The van der Waals surface area contributed by atoms with Crippen molar-refractivity contribution in [1.82, 2.24) is 9.78 Å². The first-order valence-electron chi connectivity index (χ1n) is 6.35. The minimum atomic E-state index is -0.214. The number of rotatable bonds is 6. The van der Waals surface area contributed by atoms with Gasteiger partial charge in [-0.05, 0) is 24.6 Å². The molecule has 0 aliphatic heterocycles. The molecule has 0 bridgehead atoms. The molecule has 3 nitrogen and oxygen atoms in total. The Morgan fingerprint density at radius 2 is 2.32 bits per heavy atom. The van der Waals surface area contributed by atoms with Gasteiger partial charge < -0.3 is 5.73 Å². The standard InChI is InChI=1S/C14H18FN3S/c1-2-6-18-9-11(8-17-18)14(16)10-19-13-5-3-4-12(15)7-13/h3-5,7-9,14H,2,6,10,16H2,1H3. The lowest BCUT2D eigenvalue weighted by Crippen LogP contribution is -2.12. The topological polar surface area (TPSA) is 43.8 Å². The van der Waals surface area contributed by atoms with Crippen molar-refractivity contribution in [1.29, 1.82) is 0 Å². The van der Waals surface area contributed by atoms with Gasteiger partial charge in [-0.1, -0.05) is 13.0 Å². The van der Waals surface area contributed by atoms with Gasteiger partial charge in [0.15, 0.2) is 0 Å². The molecule has 0 fully saturated rings. The zero-order valence-corrected chi connectivity index (χ0v) is 11.7. The van der Waals surface area contributed by atoms with E-state index in [0.29, 0.717) is 5.75 Å². The molecule has 1 atom stereocenters. The monoisotopic (exact) mass is 279 g/mol. The summed E-state index contributed by atoms with van der Waals surface area (Å²) in [5.74, 6) is 0.496. The van der Waals surface area contributed by atoms with E-state index in [1.807, 2.05) is 23.1 Å². The van der Waals surface area contributed by atoms with E-state index in [2.05, 4.69) is 12.0 Å². The van der Waals surface area contributed by atoms with Crippen LogP contribution in [0.2, 0.25) is 0 Å². The van der Waals surface area contributed by atoms with Crippen LogP contribution in [0.25, 0.3) is 0 Å². The van der Waals surface area contributed by atoms with Crippen LogP contribution < -0.4 is 5.73 Å². The van der Waals surface area contributed by atoms with Gasteiger partial charge in [-0.2, -0.15) is 5.10 Å². The molecule has 2 N–H and O–H groups in total. The summed E-state index contributed by atoms with van der Waals surface area (Å²) < 4.78 is 14.9. The van der Waals surface area contributed by atoms with E-state index < -0.39 is 0 Å². The van der Waals surface area contributed by atoms with Crippen LogP contribution in [0.4, 0.5) is 4.39 Å². The predicted molar refractivity (Wildman–Crippen MR) is 76.6 cm³/mol. The second kappa shape index (κ2) is 6.73. The molecule has 2 aromatic rings. The number of halogens is 1. The van der Waals surface area contributed by atoms with Crippen molar-refractivity contribution in [2.24, 2.45) is 5.73 Å². The first-order chi connectivity index (χ1) is 9.19. The van der Waals surface area contributed by atoms with E-state index in [9.17, 15) is 4.39 Å². The minimum Gasteiger partial charge on any atom is -0.323 e. The van der Waals surface area contributed by atoms with Crippen LogP contribution >= 0.6 is 11.8 Å². The van der Waals surface area contributed by atoms with Gasteiger partial charge in [0, 0.05) is 35.0 Å². The molecule has 1 aromatic carbocycles. The third kappa shape index (κ3) is 4.08. The van der Waals surface area contributed by atoms with E-state index in [1.165, 1.54) is 12.1 Å². The van der Waals surface area contributed by atoms with Crippen LogP contribution in [-0.2, 0) is 6.54 Å². The summed E-state index contributed by atoms with van der Waals surface area (Å²) in [7, 11) is 0. The molecule has 1 unspecified atom stereocenters. The Kier molecular flexibility index (Phi) is 4.99. The van der Waals surface area contributed by atoms with E-state index in [-0.39, 0.29) is 11.9 Å². The number of aromatic nitrogens is 2. The highest BCUT2D eigenvalue weighted by Gasteiger charge is 2.09. The molecule has 0 radical (unpaired) electrons. The number of benzene rings is 1. The highest BCUT2D eigenvalue weighted by molar-refractivity contribution is 7.99. The van der Waals surface area contributed by atoms with E-state index in [4.69, 9.17) is 5.73 Å². The van der Waals surface area contributed by atoms with E-state index >= 15 is 0 Å². The van der Waals surface area contributed by atoms with Crippen molar-refractivity contribution in [2.45, 2.75) is 30.8 Å². The average molecular weight is 279 g/mol. The summed E-state index contributed by atoms with van der Waals surface area (Å²) in [4.78, 5) is 0.899. The molecule has 0 spiro atoms. The van der Waals surface area contributed by atoms with Crippen molar-refractivity contribution in [3.8, 4) is 0 Å². The maximum absolute atomic E-state index is 13.0. The fourth-order valence-corrected chi connectivity index (χ4v) is 2.70. The Hall–Kier alpha value is -1.33. The van der Waals surface area contributed by atoms with Crippen LogP contribution in [-0.4, -0.2) is 15.5 Å². The number of nitrogens with two attached hydrogens (primary N) is 1. The zero-order valence-electron chi connectivity index (χ0n) is 10.9. The van der Waals surface area contributed by atoms with Crippen molar-refractivity contribution in [3.05, 3.63) is 48.0 Å². The average Bonchev–Trinajstić information content (AvgIpc) is 2.85. The molecule has 1 aromatic heterocycles. The second-order valence-corrected chi connectivity index (χ2v) is 5.51. The van der Waals surface area contributed by atoms with Crippen LogP contribution in [0.3, 0.4) is 0 Å². The minimum absolute atomic E-state index is 0.0844. The summed E-state index contributed by atoms with van der Waals surface area (Å²) in [5.41, 5.74) is 7.15. The summed E-state index contributed by atoms with van der Waals surface area (Å²) in [6.45, 7) is 3.02. The molecular weight excluding hydrogens is 261 g/mol. The quantitative estimate of drug-likeness (QED) is 0.826. The maximum Gasteiger partial charge on any atom is 0.124 e. The number of aryl methyl sites for hydroxylation is 1. The van der Waals surface area contributed by atoms with Crippen LogP contribution in [0.1, 0.15) is 24.9 Å². The number of thioether (sulfide) groups is 1. The van der Waals surface area contributed by atoms with E-state index in [1.54, 1.807) is 17.8 Å². The van der Waals surface area contributed by atoms with Crippen molar-refractivity contribution in [3.63, 3.8) is 0 Å². The van der Waals surface area contributed by atoms with Crippen molar-refractivity contribution in [2.75, 3.05) is 5.75 Å². The van der Waals surface area contributed by atoms with Gasteiger partial charge in [0.05, 0.1) is 6.20 Å². The Morgan fingerprint density at radius 1 is 1.47 bits per heavy atom.